The highest BCUT2D eigenvalue weighted by Gasteiger charge is 2.12. The summed E-state index contributed by atoms with van der Waals surface area (Å²) in [6.45, 7) is 2.45. The summed E-state index contributed by atoms with van der Waals surface area (Å²) < 4.78 is 0. The Hall–Kier alpha value is -1.86. The summed E-state index contributed by atoms with van der Waals surface area (Å²) in [5, 5.41) is 5.18. The average molecular weight is 277 g/mol. The number of nitrogens with two attached hydrogens (primary N) is 1. The van der Waals surface area contributed by atoms with Gasteiger partial charge in [-0.15, -0.1) is 11.3 Å². The molecule has 1 unspecified atom stereocenters. The van der Waals surface area contributed by atoms with E-state index in [2.05, 4.69) is 20.3 Å². The molecule has 100 valence electrons. The van der Waals surface area contributed by atoms with E-state index in [0.717, 1.165) is 6.42 Å². The molecule has 19 heavy (non-hydrogen) atoms. The largest absolute Gasteiger partial charge is 0.351 e. The van der Waals surface area contributed by atoms with Crippen LogP contribution in [0, 0.1) is 0 Å². The van der Waals surface area contributed by atoms with Crippen LogP contribution in [0.4, 0.5) is 0 Å². The molecule has 0 aliphatic heterocycles. The van der Waals surface area contributed by atoms with Crippen LogP contribution >= 0.6 is 11.3 Å². The number of aromatic nitrogens is 3. The van der Waals surface area contributed by atoms with Gasteiger partial charge in [0.2, 0.25) is 0 Å². The number of rotatable bonds is 5. The van der Waals surface area contributed by atoms with E-state index in [1.807, 2.05) is 6.92 Å². The van der Waals surface area contributed by atoms with Crippen LogP contribution in [0.1, 0.15) is 23.8 Å². The molecule has 2 rings (SSSR count). The molecule has 0 aliphatic carbocycles. The highest BCUT2D eigenvalue weighted by Crippen LogP contribution is 2.20. The number of nitrogens with zero attached hydrogens (tertiary/aromatic N) is 3. The van der Waals surface area contributed by atoms with Gasteiger partial charge in [0.1, 0.15) is 16.4 Å². The first kappa shape index (κ1) is 13.6. The Bertz CT molecular complexity index is 540. The third kappa shape index (κ3) is 3.80. The van der Waals surface area contributed by atoms with Gasteiger partial charge in [0.15, 0.2) is 0 Å². The Labute approximate surface area is 115 Å². The first-order valence-corrected chi connectivity index (χ1v) is 6.80. The Morgan fingerprint density at radius 2 is 2.37 bits per heavy atom. The van der Waals surface area contributed by atoms with Gasteiger partial charge in [0.05, 0.1) is 6.20 Å². The normalized spacial score (nSPS) is 12.1. The lowest BCUT2D eigenvalue weighted by atomic mass is 10.2. The van der Waals surface area contributed by atoms with E-state index < -0.39 is 0 Å². The molecule has 2 heterocycles. The minimum Gasteiger partial charge on any atom is -0.351 e. The fraction of sp³-hybridized carbons (Fsp3) is 0.333. The number of thiazole rings is 1. The van der Waals surface area contributed by atoms with Crippen molar-refractivity contribution < 1.29 is 4.79 Å². The predicted octanol–water partition coefficient (Wildman–Crippen LogP) is 1.07. The predicted molar refractivity (Wildman–Crippen MR) is 73.7 cm³/mol. The summed E-state index contributed by atoms with van der Waals surface area (Å²) in [5.74, 6) is -0.188. The molecule has 7 heteroatoms. The van der Waals surface area contributed by atoms with Crippen molar-refractivity contribution >= 4 is 17.2 Å². The molecular weight excluding hydrogens is 262 g/mol. The molecule has 0 aromatic carbocycles. The van der Waals surface area contributed by atoms with Crippen LogP contribution in [-0.4, -0.2) is 33.4 Å². The van der Waals surface area contributed by atoms with Crippen molar-refractivity contribution in [3.8, 4) is 10.7 Å². The first-order valence-electron chi connectivity index (χ1n) is 5.92. The number of carbonyl (C=O) groups excluding carboxylic acids is 1. The van der Waals surface area contributed by atoms with Crippen LogP contribution in [0.5, 0.6) is 0 Å². The fourth-order valence-corrected chi connectivity index (χ4v) is 2.17. The van der Waals surface area contributed by atoms with Crippen molar-refractivity contribution in [2.75, 3.05) is 6.54 Å². The molecule has 0 saturated heterocycles. The van der Waals surface area contributed by atoms with Crippen molar-refractivity contribution in [3.63, 3.8) is 0 Å². The van der Waals surface area contributed by atoms with Crippen molar-refractivity contribution in [1.82, 2.24) is 20.3 Å². The zero-order valence-corrected chi connectivity index (χ0v) is 11.4. The Morgan fingerprint density at radius 1 is 1.53 bits per heavy atom. The van der Waals surface area contributed by atoms with Gasteiger partial charge in [0, 0.05) is 30.4 Å². The molecule has 3 N–H and O–H groups in total. The van der Waals surface area contributed by atoms with Crippen LogP contribution in [0.25, 0.3) is 10.7 Å². The van der Waals surface area contributed by atoms with Gasteiger partial charge in [-0.05, 0) is 13.3 Å². The number of carbonyl (C=O) groups is 1. The average Bonchev–Trinajstić information content (AvgIpc) is 2.89. The quantitative estimate of drug-likeness (QED) is 0.852. The number of hydrogen-bond donors (Lipinski definition) is 2. The van der Waals surface area contributed by atoms with Gasteiger partial charge < -0.3 is 11.1 Å². The number of nitrogens with one attached hydrogen (secondary N) is 1. The molecule has 0 radical (unpaired) electrons. The molecule has 6 nitrogen and oxygen atoms in total. The molecule has 1 amide bonds. The highest BCUT2D eigenvalue weighted by atomic mass is 32.1. The van der Waals surface area contributed by atoms with E-state index in [9.17, 15) is 4.79 Å². The summed E-state index contributed by atoms with van der Waals surface area (Å²) in [5.41, 5.74) is 6.68. The second-order valence-electron chi connectivity index (χ2n) is 4.15. The maximum atomic E-state index is 11.8. The van der Waals surface area contributed by atoms with Crippen LogP contribution in [0.3, 0.4) is 0 Å². The van der Waals surface area contributed by atoms with Gasteiger partial charge in [0.25, 0.3) is 5.91 Å². The maximum absolute atomic E-state index is 11.8. The lowest BCUT2D eigenvalue weighted by Gasteiger charge is -2.05. The molecule has 0 fully saturated rings. The smallest absolute Gasteiger partial charge is 0.270 e. The van der Waals surface area contributed by atoms with Crippen LogP contribution in [0.2, 0.25) is 0 Å². The monoisotopic (exact) mass is 277 g/mol. The Morgan fingerprint density at radius 3 is 3.05 bits per heavy atom. The number of hydrogen-bond acceptors (Lipinski definition) is 6. The van der Waals surface area contributed by atoms with Crippen LogP contribution < -0.4 is 11.1 Å². The Balaban J connectivity index is 1.99. The first-order chi connectivity index (χ1) is 9.16. The molecular formula is C12H15N5OS. The van der Waals surface area contributed by atoms with Gasteiger partial charge in [-0.25, -0.2) is 4.98 Å². The molecule has 2 aromatic rings. The number of amides is 1. The zero-order chi connectivity index (χ0) is 13.7. The second-order valence-corrected chi connectivity index (χ2v) is 5.01. The lowest BCUT2D eigenvalue weighted by molar-refractivity contribution is 0.0948. The fourth-order valence-electron chi connectivity index (χ4n) is 1.41. The summed E-state index contributed by atoms with van der Waals surface area (Å²) in [6, 6.07) is 0.0749. The van der Waals surface area contributed by atoms with Crippen molar-refractivity contribution in [1.29, 1.82) is 0 Å². The van der Waals surface area contributed by atoms with E-state index in [1.54, 1.807) is 24.0 Å². The van der Waals surface area contributed by atoms with Gasteiger partial charge in [-0.1, -0.05) is 0 Å². The standard InChI is InChI=1S/C12H15N5OS/c1-8(13)2-3-16-11(18)10-7-19-12(17-10)9-6-14-4-5-15-9/h4-8H,2-3,13H2,1H3,(H,16,18). The van der Waals surface area contributed by atoms with E-state index >= 15 is 0 Å². The molecule has 1 atom stereocenters. The SMILES string of the molecule is CC(N)CCNC(=O)c1csc(-c2cnccn2)n1. The van der Waals surface area contributed by atoms with Gasteiger partial charge >= 0.3 is 0 Å². The van der Waals surface area contributed by atoms with Crippen molar-refractivity contribution in [2.45, 2.75) is 19.4 Å². The summed E-state index contributed by atoms with van der Waals surface area (Å²) >= 11 is 1.37. The molecule has 0 saturated carbocycles. The second kappa shape index (κ2) is 6.35. The summed E-state index contributed by atoms with van der Waals surface area (Å²) in [4.78, 5) is 24.2. The molecule has 0 bridgehead atoms. The molecule has 2 aromatic heterocycles. The topological polar surface area (TPSA) is 93.8 Å². The zero-order valence-electron chi connectivity index (χ0n) is 10.5. The summed E-state index contributed by atoms with van der Waals surface area (Å²) in [7, 11) is 0. The highest BCUT2D eigenvalue weighted by molar-refractivity contribution is 7.13. The Kier molecular flexibility index (Phi) is 4.53. The molecule has 0 spiro atoms. The minimum atomic E-state index is -0.188. The lowest BCUT2D eigenvalue weighted by Crippen LogP contribution is -2.29. The van der Waals surface area contributed by atoms with E-state index in [-0.39, 0.29) is 11.9 Å². The van der Waals surface area contributed by atoms with Crippen LogP contribution in [0.15, 0.2) is 24.0 Å². The maximum Gasteiger partial charge on any atom is 0.270 e. The minimum absolute atomic E-state index is 0.0749. The van der Waals surface area contributed by atoms with E-state index in [0.29, 0.717) is 22.9 Å². The van der Waals surface area contributed by atoms with Crippen molar-refractivity contribution in [2.24, 2.45) is 5.73 Å². The third-order valence-electron chi connectivity index (χ3n) is 2.40. The summed E-state index contributed by atoms with van der Waals surface area (Å²) in [6.07, 6.45) is 5.56. The third-order valence-corrected chi connectivity index (χ3v) is 3.27. The molecule has 0 aliphatic rings. The van der Waals surface area contributed by atoms with Crippen molar-refractivity contribution in [3.05, 3.63) is 29.7 Å². The van der Waals surface area contributed by atoms with E-state index in [4.69, 9.17) is 5.73 Å². The van der Waals surface area contributed by atoms with Crippen LogP contribution in [-0.2, 0) is 0 Å². The van der Waals surface area contributed by atoms with E-state index in [1.165, 1.54) is 11.3 Å². The van der Waals surface area contributed by atoms with Gasteiger partial charge in [-0.2, -0.15) is 0 Å². The van der Waals surface area contributed by atoms with Gasteiger partial charge in [-0.3, -0.25) is 14.8 Å².